The van der Waals surface area contributed by atoms with Crippen LogP contribution in [0.25, 0.3) is 0 Å². The minimum atomic E-state index is 0.668. The van der Waals surface area contributed by atoms with Crippen molar-refractivity contribution in [2.24, 2.45) is 17.8 Å². The number of hydrogen-bond donors (Lipinski definition) is 0. The van der Waals surface area contributed by atoms with Gasteiger partial charge in [-0.2, -0.15) is 0 Å². The summed E-state index contributed by atoms with van der Waals surface area (Å²) >= 11 is 0. The van der Waals surface area contributed by atoms with E-state index < -0.39 is 0 Å². The molecule has 0 heterocycles. The van der Waals surface area contributed by atoms with Crippen molar-refractivity contribution >= 4 is 0 Å². The van der Waals surface area contributed by atoms with E-state index >= 15 is 0 Å². The first-order valence-electron chi connectivity index (χ1n) is 7.06. The Bertz CT molecular complexity index is 429. The molecule has 0 N–H and O–H groups in total. The molecule has 0 aromatic carbocycles. The molecular formula is C18H24. The maximum absolute atomic E-state index is 2.38. The Labute approximate surface area is 111 Å². The summed E-state index contributed by atoms with van der Waals surface area (Å²) in [5, 5.41) is 0. The first-order chi connectivity index (χ1) is 8.68. The van der Waals surface area contributed by atoms with E-state index in [2.05, 4.69) is 69.4 Å². The molecule has 0 saturated carbocycles. The molecule has 3 atom stereocenters. The summed E-state index contributed by atoms with van der Waals surface area (Å²) in [6.45, 7) is 6.95. The highest BCUT2D eigenvalue weighted by atomic mass is 14.2. The molecule has 2 rings (SSSR count). The Morgan fingerprint density at radius 3 is 2.72 bits per heavy atom. The van der Waals surface area contributed by atoms with Gasteiger partial charge in [0.1, 0.15) is 0 Å². The summed E-state index contributed by atoms with van der Waals surface area (Å²) in [7, 11) is 0. The van der Waals surface area contributed by atoms with E-state index in [1.807, 2.05) is 0 Å². The van der Waals surface area contributed by atoms with Gasteiger partial charge in [0.25, 0.3) is 0 Å². The second kappa shape index (κ2) is 6.04. The minimum absolute atomic E-state index is 0.668. The molecule has 2 aliphatic carbocycles. The Morgan fingerprint density at radius 1 is 1.17 bits per heavy atom. The van der Waals surface area contributed by atoms with Crippen LogP contribution < -0.4 is 0 Å². The van der Waals surface area contributed by atoms with Crippen molar-refractivity contribution in [1.29, 1.82) is 0 Å². The van der Waals surface area contributed by atoms with E-state index in [-0.39, 0.29) is 0 Å². The highest BCUT2D eigenvalue weighted by Gasteiger charge is 2.20. The van der Waals surface area contributed by atoms with Crippen molar-refractivity contribution in [3.8, 4) is 0 Å². The zero-order valence-corrected chi connectivity index (χ0v) is 11.8. The molecule has 96 valence electrons. The summed E-state index contributed by atoms with van der Waals surface area (Å²) in [4.78, 5) is 0. The molecular weight excluding hydrogens is 216 g/mol. The topological polar surface area (TPSA) is 0 Å². The minimum Gasteiger partial charge on any atom is -0.0811 e. The van der Waals surface area contributed by atoms with Gasteiger partial charge < -0.3 is 0 Å². The average Bonchev–Trinajstić information content (AvgIpc) is 2.57. The summed E-state index contributed by atoms with van der Waals surface area (Å²) < 4.78 is 0. The maximum Gasteiger partial charge on any atom is -0.0127 e. The Kier molecular flexibility index (Phi) is 4.41. The number of hydrogen-bond acceptors (Lipinski definition) is 0. The van der Waals surface area contributed by atoms with E-state index in [1.165, 1.54) is 12.0 Å². The van der Waals surface area contributed by atoms with Crippen molar-refractivity contribution < 1.29 is 0 Å². The van der Waals surface area contributed by atoms with Gasteiger partial charge in [0.15, 0.2) is 0 Å². The van der Waals surface area contributed by atoms with Gasteiger partial charge in [-0.15, -0.1) is 0 Å². The van der Waals surface area contributed by atoms with Crippen LogP contribution in [0, 0.1) is 17.8 Å². The molecule has 2 aliphatic rings. The molecule has 0 amide bonds. The fourth-order valence-corrected chi connectivity index (χ4v) is 2.94. The normalized spacial score (nSPS) is 28.6. The fourth-order valence-electron chi connectivity index (χ4n) is 2.94. The van der Waals surface area contributed by atoms with Gasteiger partial charge in [0.2, 0.25) is 0 Å². The molecule has 0 heteroatoms. The largest absolute Gasteiger partial charge is 0.0811 e. The Balaban J connectivity index is 2.05. The van der Waals surface area contributed by atoms with E-state index in [1.54, 1.807) is 5.57 Å². The summed E-state index contributed by atoms with van der Waals surface area (Å²) in [5.41, 5.74) is 3.06. The lowest BCUT2D eigenvalue weighted by molar-refractivity contribution is 0.411. The molecule has 2 unspecified atom stereocenters. The molecule has 0 spiro atoms. The Hall–Kier alpha value is -1.30. The second-order valence-electron chi connectivity index (χ2n) is 5.63. The molecule has 0 fully saturated rings. The third kappa shape index (κ3) is 3.13. The molecule has 0 nitrogen and oxygen atoms in total. The molecule has 0 aromatic heterocycles. The van der Waals surface area contributed by atoms with Crippen LogP contribution in [0.5, 0.6) is 0 Å². The molecule has 0 aliphatic heterocycles. The lowest BCUT2D eigenvalue weighted by Crippen LogP contribution is -2.14. The maximum atomic E-state index is 2.38. The SMILES string of the molecule is CC1=C(C(C)C[C@H]2C=CC=CC2C)CC=CC=C1. The van der Waals surface area contributed by atoms with Gasteiger partial charge in [0, 0.05) is 0 Å². The summed E-state index contributed by atoms with van der Waals surface area (Å²) in [6, 6.07) is 0. The fraction of sp³-hybridized carbons (Fsp3) is 0.444. The molecule has 0 aromatic rings. The molecule has 0 radical (unpaired) electrons. The van der Waals surface area contributed by atoms with E-state index in [0.29, 0.717) is 17.8 Å². The lowest BCUT2D eigenvalue weighted by Gasteiger charge is -2.26. The number of allylic oxidation sites excluding steroid dienone is 10. The highest BCUT2D eigenvalue weighted by molar-refractivity contribution is 5.32. The summed E-state index contributed by atoms with van der Waals surface area (Å²) in [5.74, 6) is 2.04. The molecule has 0 bridgehead atoms. The standard InChI is InChI=1S/C18H24/c1-14-9-7-8-11-17(14)13-16(3)18-12-6-4-5-10-15(18)2/h4-11,14,16-17H,12-13H2,1-3H3/t14?,16?,17-/m1/s1. The third-order valence-electron chi connectivity index (χ3n) is 4.22. The van der Waals surface area contributed by atoms with E-state index in [4.69, 9.17) is 0 Å². The average molecular weight is 240 g/mol. The monoisotopic (exact) mass is 240 g/mol. The van der Waals surface area contributed by atoms with Crippen molar-refractivity contribution in [2.45, 2.75) is 33.6 Å². The second-order valence-corrected chi connectivity index (χ2v) is 5.63. The van der Waals surface area contributed by atoms with Crippen LogP contribution in [0.15, 0.2) is 59.8 Å². The van der Waals surface area contributed by atoms with Crippen LogP contribution in [-0.2, 0) is 0 Å². The van der Waals surface area contributed by atoms with Crippen LogP contribution in [0.1, 0.15) is 33.6 Å². The quantitative estimate of drug-likeness (QED) is 0.634. The van der Waals surface area contributed by atoms with Gasteiger partial charge in [0.05, 0.1) is 0 Å². The number of rotatable bonds is 3. The zero-order chi connectivity index (χ0) is 13.0. The smallest absolute Gasteiger partial charge is 0.0127 e. The van der Waals surface area contributed by atoms with Crippen LogP contribution in [0.3, 0.4) is 0 Å². The van der Waals surface area contributed by atoms with E-state index in [9.17, 15) is 0 Å². The highest BCUT2D eigenvalue weighted by Crippen LogP contribution is 2.32. The lowest BCUT2D eigenvalue weighted by atomic mass is 9.79. The predicted octanol–water partition coefficient (Wildman–Crippen LogP) is 5.22. The predicted molar refractivity (Wildman–Crippen MR) is 80.3 cm³/mol. The van der Waals surface area contributed by atoms with E-state index in [0.717, 1.165) is 6.42 Å². The van der Waals surface area contributed by atoms with Gasteiger partial charge in [-0.05, 0) is 37.5 Å². The third-order valence-corrected chi connectivity index (χ3v) is 4.22. The van der Waals surface area contributed by atoms with Crippen LogP contribution >= 0.6 is 0 Å². The van der Waals surface area contributed by atoms with Crippen molar-refractivity contribution in [3.05, 3.63) is 59.8 Å². The van der Waals surface area contributed by atoms with Gasteiger partial charge >= 0.3 is 0 Å². The first-order valence-corrected chi connectivity index (χ1v) is 7.06. The van der Waals surface area contributed by atoms with Crippen LogP contribution in [-0.4, -0.2) is 0 Å². The molecule has 0 saturated heterocycles. The van der Waals surface area contributed by atoms with Gasteiger partial charge in [-0.3, -0.25) is 0 Å². The van der Waals surface area contributed by atoms with Gasteiger partial charge in [-0.25, -0.2) is 0 Å². The summed E-state index contributed by atoms with van der Waals surface area (Å²) in [6.07, 6.45) is 20.3. The van der Waals surface area contributed by atoms with Gasteiger partial charge in [-0.1, -0.05) is 73.6 Å². The molecule has 18 heavy (non-hydrogen) atoms. The van der Waals surface area contributed by atoms with Crippen molar-refractivity contribution in [1.82, 2.24) is 0 Å². The van der Waals surface area contributed by atoms with Crippen LogP contribution in [0.4, 0.5) is 0 Å². The van der Waals surface area contributed by atoms with Crippen LogP contribution in [0.2, 0.25) is 0 Å². The first kappa shape index (κ1) is 13.1. The van der Waals surface area contributed by atoms with Crippen molar-refractivity contribution in [2.75, 3.05) is 0 Å². The zero-order valence-electron chi connectivity index (χ0n) is 11.8. The van der Waals surface area contributed by atoms with Crippen molar-refractivity contribution in [3.63, 3.8) is 0 Å². The Morgan fingerprint density at radius 2 is 1.94 bits per heavy atom.